The molecule has 1 heterocycles. The summed E-state index contributed by atoms with van der Waals surface area (Å²) in [6.07, 6.45) is 0.892. The van der Waals surface area contributed by atoms with Crippen molar-refractivity contribution in [3.8, 4) is 17.0 Å². The first-order valence-electron chi connectivity index (χ1n) is 7.46. The van der Waals surface area contributed by atoms with E-state index >= 15 is 0 Å². The normalized spacial score (nSPS) is 12.0. The Kier molecular flexibility index (Phi) is 4.85. The Balaban J connectivity index is 2.30. The molecule has 0 saturated heterocycles. The minimum atomic E-state index is -0.138. The molecule has 5 nitrogen and oxygen atoms in total. The molecule has 1 unspecified atom stereocenters. The topological polar surface area (TPSA) is 56.1 Å². The number of nitrogens with one attached hydrogen (secondary N) is 1. The number of hydrogen-bond donors (Lipinski definition) is 1. The molecular weight excluding hydrogens is 278 g/mol. The first kappa shape index (κ1) is 16.1. The van der Waals surface area contributed by atoms with E-state index in [1.54, 1.807) is 11.8 Å². The standard InChI is InChI=1S/C17H23N3O2/c1-6-12(3)18-17(21)14-10-15(20(4)19-14)13-7-8-16(22-5)11(2)9-13/h7-10,12H,6H2,1-5H3,(H,18,21). The summed E-state index contributed by atoms with van der Waals surface area (Å²) >= 11 is 0. The van der Waals surface area contributed by atoms with Gasteiger partial charge in [0.25, 0.3) is 5.91 Å². The maximum absolute atomic E-state index is 12.2. The molecule has 118 valence electrons. The number of carbonyl (C=O) groups excluding carboxylic acids is 1. The van der Waals surface area contributed by atoms with Crippen LogP contribution in [0.2, 0.25) is 0 Å². The van der Waals surface area contributed by atoms with Crippen LogP contribution < -0.4 is 10.1 Å². The SMILES string of the molecule is CCC(C)NC(=O)c1cc(-c2ccc(OC)c(C)c2)n(C)n1. The highest BCUT2D eigenvalue weighted by molar-refractivity contribution is 5.93. The summed E-state index contributed by atoms with van der Waals surface area (Å²) in [6, 6.07) is 7.89. The summed E-state index contributed by atoms with van der Waals surface area (Å²) in [6.45, 7) is 6.01. The molecule has 22 heavy (non-hydrogen) atoms. The molecule has 0 bridgehead atoms. The number of ether oxygens (including phenoxy) is 1. The van der Waals surface area contributed by atoms with E-state index in [4.69, 9.17) is 4.74 Å². The summed E-state index contributed by atoms with van der Waals surface area (Å²) in [4.78, 5) is 12.2. The molecule has 0 radical (unpaired) electrons. The van der Waals surface area contributed by atoms with Gasteiger partial charge >= 0.3 is 0 Å². The van der Waals surface area contributed by atoms with Gasteiger partial charge in [-0.2, -0.15) is 5.10 Å². The molecule has 0 aliphatic rings. The fourth-order valence-electron chi connectivity index (χ4n) is 2.29. The second-order valence-corrected chi connectivity index (χ2v) is 5.51. The molecule has 0 aliphatic heterocycles. The number of rotatable bonds is 5. The molecule has 1 amide bonds. The van der Waals surface area contributed by atoms with Gasteiger partial charge in [-0.1, -0.05) is 6.92 Å². The molecule has 1 aromatic heterocycles. The van der Waals surface area contributed by atoms with Crippen molar-refractivity contribution in [1.82, 2.24) is 15.1 Å². The zero-order chi connectivity index (χ0) is 16.3. The highest BCUT2D eigenvalue weighted by Crippen LogP contribution is 2.26. The third kappa shape index (κ3) is 3.30. The van der Waals surface area contributed by atoms with Crippen molar-refractivity contribution in [2.24, 2.45) is 7.05 Å². The van der Waals surface area contributed by atoms with Gasteiger partial charge in [-0.25, -0.2) is 0 Å². The molecule has 0 fully saturated rings. The Labute approximate surface area is 131 Å². The smallest absolute Gasteiger partial charge is 0.272 e. The maximum atomic E-state index is 12.2. The van der Waals surface area contributed by atoms with E-state index in [0.29, 0.717) is 5.69 Å². The van der Waals surface area contributed by atoms with E-state index in [9.17, 15) is 4.79 Å². The zero-order valence-corrected chi connectivity index (χ0v) is 13.8. The van der Waals surface area contributed by atoms with Crippen LogP contribution in [-0.4, -0.2) is 28.8 Å². The predicted octanol–water partition coefficient (Wildman–Crippen LogP) is 2.93. The summed E-state index contributed by atoms with van der Waals surface area (Å²) in [5, 5.41) is 7.25. The number of benzene rings is 1. The number of methoxy groups -OCH3 is 1. The van der Waals surface area contributed by atoms with Gasteiger partial charge in [0.15, 0.2) is 5.69 Å². The van der Waals surface area contributed by atoms with Gasteiger partial charge in [-0.05, 0) is 50.1 Å². The molecule has 0 saturated carbocycles. The van der Waals surface area contributed by atoms with Crippen LogP contribution in [0.3, 0.4) is 0 Å². The van der Waals surface area contributed by atoms with Gasteiger partial charge in [-0.3, -0.25) is 9.48 Å². The Morgan fingerprint density at radius 1 is 1.41 bits per heavy atom. The van der Waals surface area contributed by atoms with Crippen LogP contribution in [-0.2, 0) is 7.05 Å². The number of aryl methyl sites for hydroxylation is 2. The lowest BCUT2D eigenvalue weighted by molar-refractivity contribution is 0.0933. The highest BCUT2D eigenvalue weighted by atomic mass is 16.5. The maximum Gasteiger partial charge on any atom is 0.272 e. The van der Waals surface area contributed by atoms with Crippen LogP contribution in [0.25, 0.3) is 11.3 Å². The fraction of sp³-hybridized carbons (Fsp3) is 0.412. The van der Waals surface area contributed by atoms with Gasteiger partial charge in [0.05, 0.1) is 12.8 Å². The fourth-order valence-corrected chi connectivity index (χ4v) is 2.29. The van der Waals surface area contributed by atoms with E-state index in [1.165, 1.54) is 0 Å². The molecule has 1 N–H and O–H groups in total. The first-order valence-corrected chi connectivity index (χ1v) is 7.46. The average molecular weight is 301 g/mol. The van der Waals surface area contributed by atoms with Crippen LogP contribution >= 0.6 is 0 Å². The average Bonchev–Trinajstić information content (AvgIpc) is 2.89. The van der Waals surface area contributed by atoms with Crippen LogP contribution in [0.1, 0.15) is 36.3 Å². The van der Waals surface area contributed by atoms with E-state index < -0.39 is 0 Å². The lowest BCUT2D eigenvalue weighted by Gasteiger charge is -2.09. The lowest BCUT2D eigenvalue weighted by Crippen LogP contribution is -2.32. The summed E-state index contributed by atoms with van der Waals surface area (Å²) in [5.74, 6) is 0.710. The second-order valence-electron chi connectivity index (χ2n) is 5.51. The minimum Gasteiger partial charge on any atom is -0.496 e. The monoisotopic (exact) mass is 301 g/mol. The molecule has 2 aromatic rings. The Bertz CT molecular complexity index is 677. The Hall–Kier alpha value is -2.30. The van der Waals surface area contributed by atoms with E-state index in [0.717, 1.165) is 29.0 Å². The number of hydrogen-bond acceptors (Lipinski definition) is 3. The number of carbonyl (C=O) groups is 1. The molecule has 1 atom stereocenters. The van der Waals surface area contributed by atoms with Crippen molar-refractivity contribution < 1.29 is 9.53 Å². The van der Waals surface area contributed by atoms with Crippen molar-refractivity contribution in [3.63, 3.8) is 0 Å². The van der Waals surface area contributed by atoms with E-state index in [1.807, 2.05) is 52.1 Å². The molecule has 5 heteroatoms. The molecule has 2 rings (SSSR count). The lowest BCUT2D eigenvalue weighted by atomic mass is 10.1. The third-order valence-electron chi connectivity index (χ3n) is 3.79. The predicted molar refractivity (Wildman–Crippen MR) is 87.2 cm³/mol. The molecular formula is C17H23N3O2. The summed E-state index contributed by atoms with van der Waals surface area (Å²) < 4.78 is 7.01. The third-order valence-corrected chi connectivity index (χ3v) is 3.79. The number of amides is 1. The number of aromatic nitrogens is 2. The summed E-state index contributed by atoms with van der Waals surface area (Å²) in [7, 11) is 3.50. The van der Waals surface area contributed by atoms with Crippen molar-refractivity contribution >= 4 is 5.91 Å². The largest absolute Gasteiger partial charge is 0.496 e. The Morgan fingerprint density at radius 3 is 2.73 bits per heavy atom. The van der Waals surface area contributed by atoms with Gasteiger partial charge in [-0.15, -0.1) is 0 Å². The van der Waals surface area contributed by atoms with Gasteiger partial charge < -0.3 is 10.1 Å². The minimum absolute atomic E-state index is 0.138. The van der Waals surface area contributed by atoms with Crippen LogP contribution in [0.15, 0.2) is 24.3 Å². The Morgan fingerprint density at radius 2 is 2.14 bits per heavy atom. The molecule has 0 aliphatic carbocycles. The van der Waals surface area contributed by atoms with Crippen LogP contribution in [0.4, 0.5) is 0 Å². The van der Waals surface area contributed by atoms with E-state index in [2.05, 4.69) is 10.4 Å². The molecule has 1 aromatic carbocycles. The van der Waals surface area contributed by atoms with Crippen molar-refractivity contribution in [2.75, 3.05) is 7.11 Å². The van der Waals surface area contributed by atoms with Crippen molar-refractivity contribution in [1.29, 1.82) is 0 Å². The zero-order valence-electron chi connectivity index (χ0n) is 13.8. The van der Waals surface area contributed by atoms with Crippen molar-refractivity contribution in [3.05, 3.63) is 35.5 Å². The summed E-state index contributed by atoms with van der Waals surface area (Å²) in [5.41, 5.74) is 3.40. The van der Waals surface area contributed by atoms with Crippen molar-refractivity contribution in [2.45, 2.75) is 33.2 Å². The van der Waals surface area contributed by atoms with Gasteiger partial charge in [0, 0.05) is 18.7 Å². The van der Waals surface area contributed by atoms with Crippen LogP contribution in [0.5, 0.6) is 5.75 Å². The molecule has 0 spiro atoms. The van der Waals surface area contributed by atoms with Gasteiger partial charge in [0.1, 0.15) is 5.75 Å². The number of nitrogens with zero attached hydrogens (tertiary/aromatic N) is 2. The van der Waals surface area contributed by atoms with Crippen LogP contribution in [0, 0.1) is 6.92 Å². The van der Waals surface area contributed by atoms with Gasteiger partial charge in [0.2, 0.25) is 0 Å². The first-order chi connectivity index (χ1) is 10.5. The highest BCUT2D eigenvalue weighted by Gasteiger charge is 2.15. The second kappa shape index (κ2) is 6.64. The quantitative estimate of drug-likeness (QED) is 0.924. The van der Waals surface area contributed by atoms with E-state index in [-0.39, 0.29) is 11.9 Å².